The highest BCUT2D eigenvalue weighted by molar-refractivity contribution is 5.99. The topological polar surface area (TPSA) is 75.4 Å². The van der Waals surface area contributed by atoms with Crippen molar-refractivity contribution >= 4 is 17.5 Å². The van der Waals surface area contributed by atoms with Gasteiger partial charge in [-0.2, -0.15) is 0 Å². The highest BCUT2D eigenvalue weighted by atomic mass is 16.2. The molecule has 150 valence electrons. The second-order valence-electron chi connectivity index (χ2n) is 7.98. The predicted octanol–water partition coefficient (Wildman–Crippen LogP) is 3.53. The Morgan fingerprint density at radius 2 is 1.96 bits per heavy atom. The highest BCUT2D eigenvalue weighted by Gasteiger charge is 2.29. The number of piperidine rings is 1. The van der Waals surface area contributed by atoms with E-state index in [1.54, 1.807) is 6.07 Å². The van der Waals surface area contributed by atoms with E-state index in [9.17, 15) is 9.59 Å². The zero-order chi connectivity index (χ0) is 19.9. The van der Waals surface area contributed by atoms with Crippen molar-refractivity contribution in [2.24, 2.45) is 11.7 Å². The summed E-state index contributed by atoms with van der Waals surface area (Å²) in [6.45, 7) is 3.69. The maximum atomic E-state index is 12.3. The van der Waals surface area contributed by atoms with E-state index >= 15 is 0 Å². The van der Waals surface area contributed by atoms with Gasteiger partial charge in [0.25, 0.3) is 5.91 Å². The first kappa shape index (κ1) is 20.3. The number of nitrogens with zero attached hydrogens (tertiary/aromatic N) is 1. The summed E-state index contributed by atoms with van der Waals surface area (Å²) in [6, 6.07) is 5.85. The molecule has 1 saturated heterocycles. The zero-order valence-electron chi connectivity index (χ0n) is 16.8. The van der Waals surface area contributed by atoms with Gasteiger partial charge >= 0.3 is 0 Å². The smallest absolute Gasteiger partial charge is 0.250 e. The molecule has 3 N–H and O–H groups in total. The van der Waals surface area contributed by atoms with Gasteiger partial charge in [0.1, 0.15) is 0 Å². The second-order valence-corrected chi connectivity index (χ2v) is 7.98. The first-order valence-corrected chi connectivity index (χ1v) is 10.5. The number of hydrogen-bond acceptors (Lipinski definition) is 3. The standard InChI is InChI=1S/C23H31N3O2/c1-2-3-4-5-6-17-9-10-21(20(15-17)23(24)28)25-19-11-13-26(14-12-19)22(27)16-18-7-8-18/h9-10,15,18-19,25H,2-4,7-8,11-14,16H2,1H3,(H2,24,28). The fourth-order valence-electron chi connectivity index (χ4n) is 3.57. The quantitative estimate of drug-likeness (QED) is 0.560. The fraction of sp³-hybridized carbons (Fsp3) is 0.565. The van der Waals surface area contributed by atoms with Crippen molar-refractivity contribution in [1.29, 1.82) is 0 Å². The minimum atomic E-state index is -0.447. The summed E-state index contributed by atoms with van der Waals surface area (Å²) in [5.41, 5.74) is 7.65. The molecule has 28 heavy (non-hydrogen) atoms. The Bertz CT molecular complexity index is 766. The van der Waals surface area contributed by atoms with E-state index in [0.717, 1.165) is 56.4 Å². The van der Waals surface area contributed by atoms with Crippen LogP contribution in [0.2, 0.25) is 0 Å². The Kier molecular flexibility index (Phi) is 6.97. The number of nitrogens with one attached hydrogen (secondary N) is 1. The van der Waals surface area contributed by atoms with E-state index in [4.69, 9.17) is 5.73 Å². The molecule has 0 unspecified atom stereocenters. The Labute approximate surface area is 168 Å². The van der Waals surface area contributed by atoms with Gasteiger partial charge in [-0.25, -0.2) is 0 Å². The number of anilines is 1. The van der Waals surface area contributed by atoms with Crippen LogP contribution in [0, 0.1) is 17.8 Å². The van der Waals surface area contributed by atoms with Crippen LogP contribution in [0.4, 0.5) is 5.69 Å². The number of primary amides is 1. The van der Waals surface area contributed by atoms with Crippen molar-refractivity contribution in [3.63, 3.8) is 0 Å². The Balaban J connectivity index is 1.58. The van der Waals surface area contributed by atoms with Crippen molar-refractivity contribution in [2.75, 3.05) is 18.4 Å². The molecule has 1 aliphatic carbocycles. The first-order valence-electron chi connectivity index (χ1n) is 10.5. The second kappa shape index (κ2) is 9.64. The van der Waals surface area contributed by atoms with Gasteiger partial charge in [0.05, 0.1) is 5.56 Å². The lowest BCUT2D eigenvalue weighted by Crippen LogP contribution is -2.42. The molecule has 0 aromatic heterocycles. The van der Waals surface area contributed by atoms with Gasteiger partial charge in [-0.15, -0.1) is 0 Å². The number of carbonyl (C=O) groups is 2. The van der Waals surface area contributed by atoms with Crippen LogP contribution in [0.25, 0.3) is 0 Å². The minimum Gasteiger partial charge on any atom is -0.382 e. The van der Waals surface area contributed by atoms with E-state index in [1.165, 1.54) is 12.8 Å². The molecular formula is C23H31N3O2. The van der Waals surface area contributed by atoms with Crippen LogP contribution in [0.3, 0.4) is 0 Å². The van der Waals surface area contributed by atoms with E-state index < -0.39 is 5.91 Å². The van der Waals surface area contributed by atoms with Crippen LogP contribution in [-0.4, -0.2) is 35.8 Å². The molecule has 2 fully saturated rings. The third-order valence-corrected chi connectivity index (χ3v) is 5.54. The van der Waals surface area contributed by atoms with Crippen molar-refractivity contribution < 1.29 is 9.59 Å². The van der Waals surface area contributed by atoms with E-state index in [-0.39, 0.29) is 6.04 Å². The summed E-state index contributed by atoms with van der Waals surface area (Å²) in [7, 11) is 0. The number of rotatable bonds is 7. The Morgan fingerprint density at radius 1 is 1.21 bits per heavy atom. The van der Waals surface area contributed by atoms with Gasteiger partial charge in [0.15, 0.2) is 0 Å². The number of benzene rings is 1. The maximum Gasteiger partial charge on any atom is 0.250 e. The number of nitrogens with two attached hydrogens (primary N) is 1. The first-order chi connectivity index (χ1) is 13.6. The third-order valence-electron chi connectivity index (χ3n) is 5.54. The Hall–Kier alpha value is -2.48. The fourth-order valence-corrected chi connectivity index (χ4v) is 3.57. The van der Waals surface area contributed by atoms with Gasteiger partial charge in [-0.3, -0.25) is 9.59 Å². The molecule has 1 aromatic carbocycles. The molecule has 1 saturated carbocycles. The summed E-state index contributed by atoms with van der Waals surface area (Å²) >= 11 is 0. The average Bonchev–Trinajstić information content (AvgIpc) is 3.50. The molecule has 5 nitrogen and oxygen atoms in total. The van der Waals surface area contributed by atoms with E-state index in [0.29, 0.717) is 23.8 Å². The van der Waals surface area contributed by atoms with Crippen LogP contribution < -0.4 is 11.1 Å². The monoisotopic (exact) mass is 381 g/mol. The van der Waals surface area contributed by atoms with Gasteiger partial charge in [0, 0.05) is 43.2 Å². The zero-order valence-corrected chi connectivity index (χ0v) is 16.8. The molecule has 0 radical (unpaired) electrons. The summed E-state index contributed by atoms with van der Waals surface area (Å²) < 4.78 is 0. The normalized spacial score (nSPS) is 17.0. The molecular weight excluding hydrogens is 350 g/mol. The molecule has 0 bridgehead atoms. The highest BCUT2D eigenvalue weighted by Crippen LogP contribution is 2.33. The van der Waals surface area contributed by atoms with Crippen LogP contribution >= 0.6 is 0 Å². The molecule has 3 rings (SSSR count). The van der Waals surface area contributed by atoms with Crippen LogP contribution in [0.15, 0.2) is 18.2 Å². The molecule has 2 aliphatic rings. The summed E-state index contributed by atoms with van der Waals surface area (Å²) in [4.78, 5) is 26.2. The maximum absolute atomic E-state index is 12.3. The van der Waals surface area contributed by atoms with Gasteiger partial charge in [0.2, 0.25) is 5.91 Å². The Morgan fingerprint density at radius 3 is 2.61 bits per heavy atom. The van der Waals surface area contributed by atoms with Crippen molar-refractivity contribution in [3.8, 4) is 11.8 Å². The molecule has 0 atom stereocenters. The molecule has 2 amide bonds. The molecule has 1 aromatic rings. The van der Waals surface area contributed by atoms with E-state index in [1.807, 2.05) is 17.0 Å². The number of amides is 2. The third kappa shape index (κ3) is 5.76. The van der Waals surface area contributed by atoms with Gasteiger partial charge in [-0.1, -0.05) is 25.2 Å². The van der Waals surface area contributed by atoms with Crippen molar-refractivity contribution in [1.82, 2.24) is 4.90 Å². The average molecular weight is 382 g/mol. The lowest BCUT2D eigenvalue weighted by molar-refractivity contribution is -0.132. The van der Waals surface area contributed by atoms with Gasteiger partial charge < -0.3 is 16.0 Å². The van der Waals surface area contributed by atoms with Crippen molar-refractivity contribution in [3.05, 3.63) is 29.3 Å². The summed E-state index contributed by atoms with van der Waals surface area (Å²) in [5, 5.41) is 3.46. The van der Waals surface area contributed by atoms with Gasteiger partial charge in [-0.05, 0) is 56.2 Å². The van der Waals surface area contributed by atoms with Crippen LogP contribution in [-0.2, 0) is 4.79 Å². The SMILES string of the molecule is CCCCC#Cc1ccc(NC2CCN(C(=O)CC3CC3)CC2)c(C(N)=O)c1. The summed E-state index contributed by atoms with van der Waals surface area (Å²) in [6.07, 6.45) is 7.95. The van der Waals surface area contributed by atoms with Crippen LogP contribution in [0.1, 0.15) is 74.2 Å². The predicted molar refractivity (Wildman–Crippen MR) is 112 cm³/mol. The molecule has 1 heterocycles. The largest absolute Gasteiger partial charge is 0.382 e. The lowest BCUT2D eigenvalue weighted by Gasteiger charge is -2.33. The number of likely N-dealkylation sites (tertiary alicyclic amines) is 1. The number of carbonyl (C=O) groups excluding carboxylic acids is 2. The molecule has 0 spiro atoms. The number of unbranched alkanes of at least 4 members (excludes halogenated alkanes) is 2. The number of hydrogen-bond donors (Lipinski definition) is 2. The summed E-state index contributed by atoms with van der Waals surface area (Å²) in [5.74, 6) is 6.74. The van der Waals surface area contributed by atoms with Crippen molar-refractivity contribution in [2.45, 2.75) is 64.3 Å². The van der Waals surface area contributed by atoms with E-state index in [2.05, 4.69) is 24.1 Å². The lowest BCUT2D eigenvalue weighted by atomic mass is 10.0. The minimum absolute atomic E-state index is 0.240. The molecule has 5 heteroatoms. The van der Waals surface area contributed by atoms with Crippen LogP contribution in [0.5, 0.6) is 0 Å². The molecule has 1 aliphatic heterocycles.